The highest BCUT2D eigenvalue weighted by Crippen LogP contribution is 2.33. The van der Waals surface area contributed by atoms with Gasteiger partial charge in [-0.05, 0) is 61.7 Å². The molecule has 0 aliphatic heterocycles. The largest absolute Gasteiger partial charge is 0.569 e. The van der Waals surface area contributed by atoms with Crippen molar-refractivity contribution in [3.05, 3.63) is 107 Å². The van der Waals surface area contributed by atoms with Crippen LogP contribution in [0.2, 0.25) is 0 Å². The van der Waals surface area contributed by atoms with Crippen molar-refractivity contribution in [1.82, 2.24) is 19.5 Å². The third kappa shape index (κ3) is 9.37. The summed E-state index contributed by atoms with van der Waals surface area (Å²) >= 11 is 0. The van der Waals surface area contributed by atoms with Gasteiger partial charge in [0.1, 0.15) is 0 Å². The first-order valence-electron chi connectivity index (χ1n) is 15.2. The summed E-state index contributed by atoms with van der Waals surface area (Å²) in [6, 6.07) is 19.1. The smallest absolute Gasteiger partial charge is 0.435 e. The van der Waals surface area contributed by atoms with Crippen LogP contribution in [0.25, 0.3) is 16.9 Å². The molecule has 13 nitrogen and oxygen atoms in total. The molecule has 0 saturated heterocycles. The van der Waals surface area contributed by atoms with Gasteiger partial charge in [-0.3, -0.25) is 9.63 Å². The van der Waals surface area contributed by atoms with Crippen LogP contribution >= 0.6 is 0 Å². The van der Waals surface area contributed by atoms with E-state index in [1.807, 2.05) is 11.6 Å². The molecule has 0 fully saturated rings. The van der Waals surface area contributed by atoms with E-state index in [1.165, 1.54) is 38.2 Å². The number of hydrogen-bond acceptors (Lipinski definition) is 9. The number of esters is 1. The number of carbonyl (C=O) groups excluding carboxylic acids is 2. The highest BCUT2D eigenvalue weighted by molar-refractivity contribution is 7.90. The molecule has 1 N–H and O–H groups in total. The number of aryl methyl sites for hydroxylation is 1. The molecule has 4 rings (SSSR count). The van der Waals surface area contributed by atoms with Gasteiger partial charge in [-0.2, -0.15) is 18.3 Å². The third-order valence-electron chi connectivity index (χ3n) is 7.24. The van der Waals surface area contributed by atoms with Crippen LogP contribution < -0.4 is 4.72 Å². The van der Waals surface area contributed by atoms with Crippen molar-refractivity contribution >= 4 is 21.9 Å². The molecule has 2 atom stereocenters. The molecular weight excluding hydrogens is 681 g/mol. The van der Waals surface area contributed by atoms with E-state index in [-0.39, 0.29) is 39.1 Å². The van der Waals surface area contributed by atoms with Gasteiger partial charge in [0.05, 0.1) is 33.9 Å². The van der Waals surface area contributed by atoms with E-state index in [1.54, 1.807) is 56.3 Å². The molecule has 1 unspecified atom stereocenters. The summed E-state index contributed by atoms with van der Waals surface area (Å²) in [5.41, 5.74) is 0.718. The van der Waals surface area contributed by atoms with E-state index >= 15 is 0 Å². The molecule has 1 heterocycles. The molecule has 4 aromatic rings. The maximum absolute atomic E-state index is 13.6. The topological polar surface area (TPSA) is 158 Å². The molecule has 0 aliphatic rings. The first-order chi connectivity index (χ1) is 23.5. The molecule has 1 aromatic heterocycles. The summed E-state index contributed by atoms with van der Waals surface area (Å²) < 4.78 is 75.4. The van der Waals surface area contributed by atoms with Crippen LogP contribution in [0.1, 0.15) is 48.8 Å². The van der Waals surface area contributed by atoms with Crippen molar-refractivity contribution in [3.8, 4) is 16.9 Å². The van der Waals surface area contributed by atoms with Gasteiger partial charge in [0.2, 0.25) is 5.28 Å². The lowest BCUT2D eigenvalue weighted by Gasteiger charge is -2.24. The number of ether oxygens (including phenoxy) is 1. The molecule has 50 heavy (non-hydrogen) atoms. The van der Waals surface area contributed by atoms with Crippen molar-refractivity contribution in [2.24, 2.45) is 11.2 Å². The number of rotatable bonds is 13. The number of nitrogens with one attached hydrogen (secondary N) is 1. The number of carbonyl (C=O) groups is 2. The van der Waals surface area contributed by atoms with Gasteiger partial charge >= 0.3 is 12.1 Å². The lowest BCUT2D eigenvalue weighted by Crippen LogP contribution is -2.49. The van der Waals surface area contributed by atoms with Crippen LogP contribution in [0.3, 0.4) is 0 Å². The van der Waals surface area contributed by atoms with E-state index in [2.05, 4.69) is 10.4 Å². The Labute approximate surface area is 286 Å². The minimum atomic E-state index is -4.73. The zero-order valence-corrected chi connectivity index (χ0v) is 28.5. The number of aromatic nitrogens is 2. The lowest BCUT2D eigenvalue weighted by molar-refractivity contribution is -0.712. The van der Waals surface area contributed by atoms with Crippen LogP contribution in [0, 0.1) is 18.0 Å². The van der Waals surface area contributed by atoms with Crippen molar-refractivity contribution in [2.45, 2.75) is 57.5 Å². The minimum Gasteiger partial charge on any atom is -0.569 e. The summed E-state index contributed by atoms with van der Waals surface area (Å²) in [4.78, 5) is 30.0. The Hall–Kier alpha value is -5.45. The average molecular weight is 717 g/mol. The van der Waals surface area contributed by atoms with Gasteiger partial charge in [0.15, 0.2) is 11.7 Å². The predicted molar refractivity (Wildman–Crippen MR) is 174 cm³/mol. The second-order valence-electron chi connectivity index (χ2n) is 11.7. The number of likely N-dealkylation sites (N-methyl/N-ethyl adjacent to an activating group) is 1. The second-order valence-corrected chi connectivity index (χ2v) is 13.3. The van der Waals surface area contributed by atoms with Crippen LogP contribution in [0.15, 0.2) is 95.1 Å². The SMILES string of the molecule is Cc1ccc(-c2cc(C(F)(F)F)nn2-c2ccc(S(=O)(=O)NC(=O)[C@H](CC(C)C)N(C)[N+]([O-])=NOC(C)OC(=O)c3ccccc3)cc2)cc1. The van der Waals surface area contributed by atoms with Crippen LogP contribution in [0.4, 0.5) is 13.2 Å². The fourth-order valence-corrected chi connectivity index (χ4v) is 5.66. The van der Waals surface area contributed by atoms with Gasteiger partial charge in [0, 0.05) is 12.5 Å². The number of sulfonamides is 1. The number of nitrogens with zero attached hydrogens (tertiary/aromatic N) is 5. The number of hydrazine groups is 1. The summed E-state index contributed by atoms with van der Waals surface area (Å²) in [5.74, 6) is -1.97. The Kier molecular flexibility index (Phi) is 11.5. The van der Waals surface area contributed by atoms with Gasteiger partial charge < -0.3 is 9.94 Å². The van der Waals surface area contributed by atoms with Crippen LogP contribution in [-0.4, -0.2) is 59.4 Å². The standard InChI is InChI=1S/C33H35F3N6O7S/c1-21(2)19-29(40(5)42(45)39-49-23(4)48-32(44)25-9-7-6-8-10-25)31(43)38-50(46,47)27-17-15-26(16-18-27)41-28(20-30(37-41)33(34,35)36)24-13-11-22(3)12-14-24/h6-18,20-21,23,29H,19H2,1-5H3,(H,38,43)/t23?,29-/m0/s1. The fourth-order valence-electron chi connectivity index (χ4n) is 4.65. The van der Waals surface area contributed by atoms with E-state index in [0.717, 1.165) is 33.5 Å². The van der Waals surface area contributed by atoms with Gasteiger partial charge in [-0.15, -0.1) is 5.01 Å². The highest BCUT2D eigenvalue weighted by Gasteiger charge is 2.36. The lowest BCUT2D eigenvalue weighted by atomic mass is 10.0. The normalized spacial score (nSPS) is 13.4. The quantitative estimate of drug-likeness (QED) is 0.0573. The van der Waals surface area contributed by atoms with E-state index in [0.29, 0.717) is 5.56 Å². The van der Waals surface area contributed by atoms with Gasteiger partial charge in [-0.1, -0.05) is 61.9 Å². The number of halogens is 3. The van der Waals surface area contributed by atoms with Crippen LogP contribution in [-0.2, 0) is 30.6 Å². The van der Waals surface area contributed by atoms with E-state index < -0.39 is 46.1 Å². The van der Waals surface area contributed by atoms with Crippen molar-refractivity contribution in [2.75, 3.05) is 7.05 Å². The van der Waals surface area contributed by atoms with E-state index in [4.69, 9.17) is 9.57 Å². The Balaban J connectivity index is 1.50. The average Bonchev–Trinajstić information content (AvgIpc) is 3.53. The molecule has 17 heteroatoms. The Morgan fingerprint density at radius 1 is 1.02 bits per heavy atom. The predicted octanol–water partition coefficient (Wildman–Crippen LogP) is 6.03. The second kappa shape index (κ2) is 15.4. The summed E-state index contributed by atoms with van der Waals surface area (Å²) in [7, 11) is -3.33. The zero-order valence-electron chi connectivity index (χ0n) is 27.7. The molecule has 3 aromatic carbocycles. The first-order valence-corrected chi connectivity index (χ1v) is 16.7. The maximum atomic E-state index is 13.6. The first kappa shape index (κ1) is 37.4. The minimum absolute atomic E-state index is 0.0201. The number of hydrogen-bond donors (Lipinski definition) is 1. The number of alkyl halides is 3. The van der Waals surface area contributed by atoms with E-state index in [9.17, 15) is 36.4 Å². The molecular formula is C33H35F3N6O7S. The zero-order chi connectivity index (χ0) is 36.8. The molecule has 266 valence electrons. The maximum Gasteiger partial charge on any atom is 0.435 e. The summed E-state index contributed by atoms with van der Waals surface area (Å²) in [5, 5.41) is 20.6. The highest BCUT2D eigenvalue weighted by atomic mass is 32.2. The summed E-state index contributed by atoms with van der Waals surface area (Å²) in [6.07, 6.45) is -6.00. The van der Waals surface area contributed by atoms with Crippen molar-refractivity contribution in [3.63, 3.8) is 0 Å². The third-order valence-corrected chi connectivity index (χ3v) is 8.60. The van der Waals surface area contributed by atoms with Gasteiger partial charge in [0.25, 0.3) is 22.2 Å². The summed E-state index contributed by atoms with van der Waals surface area (Å²) in [6.45, 7) is 6.65. The van der Waals surface area contributed by atoms with Crippen molar-refractivity contribution < 1.29 is 45.7 Å². The Morgan fingerprint density at radius 2 is 1.64 bits per heavy atom. The molecule has 0 saturated carbocycles. The molecule has 0 aliphatic carbocycles. The molecule has 0 spiro atoms. The van der Waals surface area contributed by atoms with Crippen molar-refractivity contribution in [1.29, 1.82) is 0 Å². The molecule has 1 amide bonds. The Bertz CT molecular complexity index is 1930. The monoisotopic (exact) mass is 716 g/mol. The molecule has 0 radical (unpaired) electrons. The van der Waals surface area contributed by atoms with Gasteiger partial charge in [-0.25, -0.2) is 22.6 Å². The van der Waals surface area contributed by atoms with Crippen LogP contribution in [0.5, 0.6) is 0 Å². The fraction of sp³-hybridized carbons (Fsp3) is 0.303. The number of benzene rings is 3. The number of amides is 1. The Morgan fingerprint density at radius 3 is 2.22 bits per heavy atom. The molecule has 0 bridgehead atoms.